The molecule has 166 valence electrons. The summed E-state index contributed by atoms with van der Waals surface area (Å²) in [6.07, 6.45) is 4.66. The Hall–Kier alpha value is -3.33. The van der Waals surface area contributed by atoms with Crippen LogP contribution in [0.1, 0.15) is 12.8 Å². The van der Waals surface area contributed by atoms with E-state index in [-0.39, 0.29) is 23.5 Å². The third-order valence-electron chi connectivity index (χ3n) is 5.35. The molecule has 9 heteroatoms. The Morgan fingerprint density at radius 1 is 1.16 bits per heavy atom. The first kappa shape index (κ1) is 21.9. The van der Waals surface area contributed by atoms with E-state index >= 15 is 0 Å². The topological polar surface area (TPSA) is 93.3 Å². The maximum absolute atomic E-state index is 12.8. The van der Waals surface area contributed by atoms with Crippen molar-refractivity contribution in [1.29, 1.82) is 0 Å². The molecule has 0 bridgehead atoms. The molecule has 32 heavy (non-hydrogen) atoms. The van der Waals surface area contributed by atoms with Crippen LogP contribution in [0.25, 0.3) is 11.6 Å². The lowest BCUT2D eigenvalue weighted by Crippen LogP contribution is -2.42. The van der Waals surface area contributed by atoms with Gasteiger partial charge in [-0.25, -0.2) is 0 Å². The zero-order chi connectivity index (χ0) is 22.3. The Morgan fingerprint density at radius 2 is 1.94 bits per heavy atom. The van der Waals surface area contributed by atoms with Crippen molar-refractivity contribution in [2.24, 2.45) is 5.92 Å². The van der Waals surface area contributed by atoms with Crippen molar-refractivity contribution < 1.29 is 14.0 Å². The third-order valence-corrected chi connectivity index (χ3v) is 6.31. The monoisotopic (exact) mass is 451 g/mol. The number of aromatic nitrogens is 3. The Morgan fingerprint density at radius 3 is 2.62 bits per heavy atom. The Bertz CT molecular complexity index is 1060. The van der Waals surface area contributed by atoms with Crippen molar-refractivity contribution >= 4 is 29.3 Å². The molecule has 3 heterocycles. The van der Waals surface area contributed by atoms with Gasteiger partial charge in [-0.2, -0.15) is 0 Å². The number of piperidine rings is 1. The minimum absolute atomic E-state index is 0.0145. The van der Waals surface area contributed by atoms with Crippen LogP contribution in [0.2, 0.25) is 0 Å². The van der Waals surface area contributed by atoms with Crippen LogP contribution in [0.15, 0.2) is 71.0 Å². The smallest absolute Gasteiger partial charge is 0.233 e. The van der Waals surface area contributed by atoms with Crippen molar-refractivity contribution in [2.45, 2.75) is 24.5 Å². The van der Waals surface area contributed by atoms with E-state index in [2.05, 4.69) is 22.1 Å². The van der Waals surface area contributed by atoms with Gasteiger partial charge in [0.2, 0.25) is 17.6 Å². The van der Waals surface area contributed by atoms with Crippen LogP contribution in [0.5, 0.6) is 0 Å². The number of carbonyl (C=O) groups excluding carboxylic acids is 2. The first-order valence-corrected chi connectivity index (χ1v) is 11.5. The van der Waals surface area contributed by atoms with Gasteiger partial charge in [0.05, 0.1) is 12.0 Å². The molecule has 0 saturated carbocycles. The molecule has 4 rings (SSSR count). The fourth-order valence-electron chi connectivity index (χ4n) is 3.65. The summed E-state index contributed by atoms with van der Waals surface area (Å²) >= 11 is 1.35. The quantitative estimate of drug-likeness (QED) is 0.415. The van der Waals surface area contributed by atoms with Crippen LogP contribution < -0.4 is 5.32 Å². The average Bonchev–Trinajstić information content (AvgIpc) is 3.48. The number of thioether (sulfide) groups is 1. The largest absolute Gasteiger partial charge is 0.461 e. The first-order chi connectivity index (χ1) is 15.7. The second-order valence-electron chi connectivity index (χ2n) is 7.48. The van der Waals surface area contributed by atoms with E-state index in [1.54, 1.807) is 18.4 Å². The van der Waals surface area contributed by atoms with Crippen LogP contribution in [-0.4, -0.2) is 50.3 Å². The van der Waals surface area contributed by atoms with Crippen molar-refractivity contribution in [1.82, 2.24) is 19.7 Å². The highest BCUT2D eigenvalue weighted by molar-refractivity contribution is 7.99. The van der Waals surface area contributed by atoms with E-state index < -0.39 is 0 Å². The Kier molecular flexibility index (Phi) is 7.06. The maximum Gasteiger partial charge on any atom is 0.233 e. The number of furan rings is 1. The molecule has 2 aromatic heterocycles. The predicted molar refractivity (Wildman–Crippen MR) is 123 cm³/mol. The van der Waals surface area contributed by atoms with Crippen molar-refractivity contribution in [3.63, 3.8) is 0 Å². The SMILES string of the molecule is C=CCn1c(SCC(=O)N2CCC(C(=O)Nc3ccccc3)CC2)nnc1-c1ccco1. The molecule has 0 aliphatic carbocycles. The van der Waals surface area contributed by atoms with Crippen molar-refractivity contribution in [3.05, 3.63) is 61.4 Å². The highest BCUT2D eigenvalue weighted by Gasteiger charge is 2.28. The van der Waals surface area contributed by atoms with Crippen molar-refractivity contribution in [3.8, 4) is 11.6 Å². The zero-order valence-electron chi connectivity index (χ0n) is 17.6. The summed E-state index contributed by atoms with van der Waals surface area (Å²) in [4.78, 5) is 27.1. The molecule has 1 saturated heterocycles. The summed E-state index contributed by atoms with van der Waals surface area (Å²) in [5, 5.41) is 12.0. The summed E-state index contributed by atoms with van der Waals surface area (Å²) in [7, 11) is 0. The molecule has 0 spiro atoms. The molecule has 0 unspecified atom stereocenters. The molecule has 1 fully saturated rings. The maximum atomic E-state index is 12.8. The second kappa shape index (κ2) is 10.3. The van der Waals surface area contributed by atoms with E-state index in [1.165, 1.54) is 11.8 Å². The number of nitrogens with zero attached hydrogens (tertiary/aromatic N) is 4. The van der Waals surface area contributed by atoms with Gasteiger partial charge in [-0.1, -0.05) is 36.0 Å². The summed E-state index contributed by atoms with van der Waals surface area (Å²) in [6, 6.07) is 13.1. The van der Waals surface area contributed by atoms with Gasteiger partial charge < -0.3 is 14.6 Å². The number of benzene rings is 1. The lowest BCUT2D eigenvalue weighted by molar-refractivity contribution is -0.132. The van der Waals surface area contributed by atoms with Crippen LogP contribution in [0.3, 0.4) is 0 Å². The summed E-state index contributed by atoms with van der Waals surface area (Å²) in [6.45, 7) is 5.45. The van der Waals surface area contributed by atoms with Gasteiger partial charge in [0.25, 0.3) is 0 Å². The molecule has 1 N–H and O–H groups in total. The lowest BCUT2D eigenvalue weighted by atomic mass is 9.96. The highest BCUT2D eigenvalue weighted by Crippen LogP contribution is 2.26. The highest BCUT2D eigenvalue weighted by atomic mass is 32.2. The summed E-state index contributed by atoms with van der Waals surface area (Å²) in [5.74, 6) is 1.45. The van der Waals surface area contributed by atoms with Gasteiger partial charge in [-0.3, -0.25) is 14.2 Å². The first-order valence-electron chi connectivity index (χ1n) is 10.5. The molecule has 1 aromatic carbocycles. The van der Waals surface area contributed by atoms with Gasteiger partial charge in [0, 0.05) is 31.2 Å². The molecule has 8 nitrogen and oxygen atoms in total. The van der Waals surface area contributed by atoms with E-state index in [1.807, 2.05) is 45.9 Å². The minimum Gasteiger partial charge on any atom is -0.461 e. The van der Waals surface area contributed by atoms with Gasteiger partial charge >= 0.3 is 0 Å². The molecule has 3 aromatic rings. The minimum atomic E-state index is -0.0848. The number of rotatable bonds is 8. The van der Waals surface area contributed by atoms with E-state index in [4.69, 9.17) is 4.42 Å². The zero-order valence-corrected chi connectivity index (χ0v) is 18.5. The van der Waals surface area contributed by atoms with Gasteiger partial charge in [0.15, 0.2) is 10.9 Å². The van der Waals surface area contributed by atoms with Crippen LogP contribution in [0, 0.1) is 5.92 Å². The van der Waals surface area contributed by atoms with Gasteiger partial charge in [0.1, 0.15) is 0 Å². The number of hydrogen-bond donors (Lipinski definition) is 1. The number of amides is 2. The number of anilines is 1. The van der Waals surface area contributed by atoms with E-state index in [0.717, 1.165) is 5.69 Å². The van der Waals surface area contributed by atoms with Crippen molar-refractivity contribution in [2.75, 3.05) is 24.2 Å². The molecule has 1 aliphatic rings. The molecule has 2 amide bonds. The fraction of sp³-hybridized carbons (Fsp3) is 0.304. The summed E-state index contributed by atoms with van der Waals surface area (Å²) in [5.41, 5.74) is 0.796. The van der Waals surface area contributed by atoms with E-state index in [9.17, 15) is 9.59 Å². The Balaban J connectivity index is 1.29. The van der Waals surface area contributed by atoms with Crippen LogP contribution in [0.4, 0.5) is 5.69 Å². The number of likely N-dealkylation sites (tertiary alicyclic amines) is 1. The fourth-order valence-corrected chi connectivity index (χ4v) is 4.50. The molecule has 0 radical (unpaired) electrons. The van der Waals surface area contributed by atoms with E-state index in [0.29, 0.717) is 49.2 Å². The van der Waals surface area contributed by atoms with Crippen LogP contribution >= 0.6 is 11.8 Å². The van der Waals surface area contributed by atoms with Gasteiger partial charge in [-0.15, -0.1) is 16.8 Å². The predicted octanol–water partition coefficient (Wildman–Crippen LogP) is 3.69. The molecule has 0 atom stereocenters. The summed E-state index contributed by atoms with van der Waals surface area (Å²) < 4.78 is 7.31. The standard InChI is InChI=1S/C23H25N5O3S/c1-2-12-28-21(19-9-6-15-31-19)25-26-23(28)32-16-20(29)27-13-10-17(11-14-27)22(30)24-18-7-4-3-5-8-18/h2-9,15,17H,1,10-14,16H2,(H,24,30). The third kappa shape index (κ3) is 5.11. The molecular formula is C23H25N5O3S. The Labute approximate surface area is 190 Å². The lowest BCUT2D eigenvalue weighted by Gasteiger charge is -2.31. The number of para-hydroxylation sites is 1. The van der Waals surface area contributed by atoms with Gasteiger partial charge in [-0.05, 0) is 37.1 Å². The normalized spacial score (nSPS) is 14.3. The number of hydrogen-bond acceptors (Lipinski definition) is 6. The number of allylic oxidation sites excluding steroid dienone is 1. The number of nitrogens with one attached hydrogen (secondary N) is 1. The molecule has 1 aliphatic heterocycles. The molecular weight excluding hydrogens is 426 g/mol. The second-order valence-corrected chi connectivity index (χ2v) is 8.42. The average molecular weight is 452 g/mol. The number of carbonyl (C=O) groups is 2. The van der Waals surface area contributed by atoms with Crippen LogP contribution in [-0.2, 0) is 16.1 Å².